The van der Waals surface area contributed by atoms with E-state index in [-0.39, 0.29) is 15.6 Å². The second-order valence-electron chi connectivity index (χ2n) is 4.21. The zero-order chi connectivity index (χ0) is 13.5. The van der Waals surface area contributed by atoms with Gasteiger partial charge in [-0.05, 0) is 30.3 Å². The van der Waals surface area contributed by atoms with Crippen LogP contribution in [0.15, 0.2) is 70.6 Å². The molecule has 4 nitrogen and oxygen atoms in total. The molecule has 0 saturated carbocycles. The number of benzene rings is 1. The highest BCUT2D eigenvalue weighted by atomic mass is 32.2. The van der Waals surface area contributed by atoms with Gasteiger partial charge in [0.1, 0.15) is 10.7 Å². The van der Waals surface area contributed by atoms with Crippen molar-refractivity contribution in [1.82, 2.24) is 4.40 Å². The van der Waals surface area contributed by atoms with E-state index in [1.54, 1.807) is 47.0 Å². The van der Waals surface area contributed by atoms with Crippen LogP contribution in [-0.2, 0) is 9.84 Å². The first-order valence-corrected chi connectivity index (χ1v) is 7.25. The average molecular weight is 272 g/mol. The molecule has 2 heterocycles. The van der Waals surface area contributed by atoms with Crippen LogP contribution in [0.5, 0.6) is 0 Å². The lowest BCUT2D eigenvalue weighted by atomic mass is 10.4. The monoisotopic (exact) mass is 272 g/mol. The number of aromatic nitrogens is 1. The lowest BCUT2D eigenvalue weighted by Crippen LogP contribution is -2.04. The summed E-state index contributed by atoms with van der Waals surface area (Å²) in [7, 11) is -3.58. The van der Waals surface area contributed by atoms with Gasteiger partial charge >= 0.3 is 0 Å². The van der Waals surface area contributed by atoms with Crippen LogP contribution in [0.4, 0.5) is 5.82 Å². The third-order valence-corrected chi connectivity index (χ3v) is 4.82. The number of nitrogens with two attached hydrogens (primary N) is 1. The van der Waals surface area contributed by atoms with Crippen LogP contribution in [0.25, 0.3) is 5.52 Å². The number of hydrogen-bond donors (Lipinski definition) is 1. The Hall–Kier alpha value is -2.27. The fourth-order valence-corrected chi connectivity index (χ4v) is 3.48. The molecule has 0 unspecified atom stereocenters. The van der Waals surface area contributed by atoms with Crippen LogP contribution in [-0.4, -0.2) is 12.8 Å². The van der Waals surface area contributed by atoms with Crippen molar-refractivity contribution in [3.63, 3.8) is 0 Å². The van der Waals surface area contributed by atoms with Gasteiger partial charge in [-0.15, -0.1) is 0 Å². The number of pyridine rings is 1. The van der Waals surface area contributed by atoms with E-state index in [9.17, 15) is 8.42 Å². The van der Waals surface area contributed by atoms with Gasteiger partial charge in [-0.25, -0.2) is 8.42 Å². The highest BCUT2D eigenvalue weighted by Crippen LogP contribution is 2.28. The van der Waals surface area contributed by atoms with E-state index in [0.717, 1.165) is 5.52 Å². The fraction of sp³-hybridized carbons (Fsp3) is 0. The summed E-state index contributed by atoms with van der Waals surface area (Å²) in [5, 5.41) is 0. The molecule has 3 aromatic rings. The van der Waals surface area contributed by atoms with E-state index in [1.807, 2.05) is 18.2 Å². The van der Waals surface area contributed by atoms with Crippen molar-refractivity contribution >= 4 is 21.2 Å². The lowest BCUT2D eigenvalue weighted by Gasteiger charge is -2.03. The molecule has 3 rings (SSSR count). The van der Waals surface area contributed by atoms with Crippen LogP contribution in [0.3, 0.4) is 0 Å². The number of rotatable bonds is 2. The zero-order valence-corrected chi connectivity index (χ0v) is 10.8. The summed E-state index contributed by atoms with van der Waals surface area (Å²) >= 11 is 0. The summed E-state index contributed by atoms with van der Waals surface area (Å²) in [6.45, 7) is 0. The predicted octanol–water partition coefficient (Wildman–Crippen LogP) is 2.35. The van der Waals surface area contributed by atoms with E-state index in [2.05, 4.69) is 0 Å². The molecule has 2 N–H and O–H groups in total. The van der Waals surface area contributed by atoms with Gasteiger partial charge in [0, 0.05) is 11.7 Å². The molecule has 1 aromatic carbocycles. The molecule has 0 amide bonds. The van der Waals surface area contributed by atoms with E-state index in [0.29, 0.717) is 0 Å². The van der Waals surface area contributed by atoms with Crippen molar-refractivity contribution in [3.8, 4) is 0 Å². The first kappa shape index (κ1) is 11.8. The lowest BCUT2D eigenvalue weighted by molar-refractivity contribution is 0.596. The molecule has 96 valence electrons. The van der Waals surface area contributed by atoms with E-state index >= 15 is 0 Å². The van der Waals surface area contributed by atoms with Gasteiger partial charge in [0.2, 0.25) is 9.84 Å². The zero-order valence-electron chi connectivity index (χ0n) is 10.0. The summed E-state index contributed by atoms with van der Waals surface area (Å²) < 4.78 is 26.7. The number of anilines is 1. The predicted molar refractivity (Wildman–Crippen MR) is 73.7 cm³/mol. The molecule has 0 aliphatic heterocycles. The smallest absolute Gasteiger partial charge is 0.210 e. The van der Waals surface area contributed by atoms with Crippen molar-refractivity contribution < 1.29 is 8.42 Å². The van der Waals surface area contributed by atoms with E-state index in [4.69, 9.17) is 5.73 Å². The minimum Gasteiger partial charge on any atom is -0.384 e. The molecule has 0 saturated heterocycles. The second-order valence-corrected chi connectivity index (χ2v) is 6.12. The molecule has 19 heavy (non-hydrogen) atoms. The maximum Gasteiger partial charge on any atom is 0.210 e. The van der Waals surface area contributed by atoms with Crippen molar-refractivity contribution in [2.45, 2.75) is 9.79 Å². The van der Waals surface area contributed by atoms with Crippen molar-refractivity contribution in [2.24, 2.45) is 0 Å². The van der Waals surface area contributed by atoms with Crippen molar-refractivity contribution in [3.05, 3.63) is 60.8 Å². The van der Waals surface area contributed by atoms with Crippen LogP contribution < -0.4 is 5.73 Å². The summed E-state index contributed by atoms with van der Waals surface area (Å²) in [6, 6.07) is 15.4. The van der Waals surface area contributed by atoms with Crippen molar-refractivity contribution in [2.75, 3.05) is 5.73 Å². The topological polar surface area (TPSA) is 64.6 Å². The molecule has 5 heteroatoms. The molecule has 0 fully saturated rings. The van der Waals surface area contributed by atoms with Gasteiger partial charge in [0.25, 0.3) is 0 Å². The van der Waals surface area contributed by atoms with Crippen molar-refractivity contribution in [1.29, 1.82) is 0 Å². The van der Waals surface area contributed by atoms with Crippen LogP contribution in [0.1, 0.15) is 0 Å². The normalized spacial score (nSPS) is 11.8. The van der Waals surface area contributed by atoms with Crippen LogP contribution in [0.2, 0.25) is 0 Å². The Kier molecular flexibility index (Phi) is 2.57. The third-order valence-electron chi connectivity index (χ3n) is 3.03. The summed E-state index contributed by atoms with van der Waals surface area (Å²) in [5.74, 6) is 0.236. The molecule has 0 aliphatic carbocycles. The SMILES string of the molecule is Nc1c(S(=O)(=O)c2ccccc2)cc2ccccn12. The van der Waals surface area contributed by atoms with Crippen LogP contribution in [0, 0.1) is 0 Å². The third kappa shape index (κ3) is 1.79. The van der Waals surface area contributed by atoms with Gasteiger partial charge in [0.05, 0.1) is 4.90 Å². The van der Waals surface area contributed by atoms with E-state index < -0.39 is 9.84 Å². The minimum atomic E-state index is -3.58. The minimum absolute atomic E-state index is 0.143. The summed E-state index contributed by atoms with van der Waals surface area (Å²) in [5.41, 5.74) is 6.71. The summed E-state index contributed by atoms with van der Waals surface area (Å²) in [4.78, 5) is 0.391. The molecular weight excluding hydrogens is 260 g/mol. The molecule has 2 aromatic heterocycles. The quantitative estimate of drug-likeness (QED) is 0.778. The standard InChI is InChI=1S/C14H12N2O2S/c15-14-13(10-11-6-4-5-9-16(11)14)19(17,18)12-7-2-1-3-8-12/h1-10H,15H2. The van der Waals surface area contributed by atoms with Gasteiger partial charge in [0.15, 0.2) is 0 Å². The average Bonchev–Trinajstić information content (AvgIpc) is 2.78. The Morgan fingerprint density at radius 3 is 2.32 bits per heavy atom. The summed E-state index contributed by atoms with van der Waals surface area (Å²) in [6.07, 6.45) is 1.74. The second kappa shape index (κ2) is 4.13. The Labute approximate surface area is 111 Å². The molecule has 0 radical (unpaired) electrons. The fourth-order valence-electron chi connectivity index (χ4n) is 2.06. The first-order chi connectivity index (χ1) is 9.10. The molecule has 0 spiro atoms. The molecular formula is C14H12N2O2S. The number of nitrogen functional groups attached to an aromatic ring is 1. The molecule has 0 atom stereocenters. The first-order valence-electron chi connectivity index (χ1n) is 5.76. The number of nitrogens with zero attached hydrogens (tertiary/aromatic N) is 1. The molecule has 0 bridgehead atoms. The van der Waals surface area contributed by atoms with Gasteiger partial charge in [-0.1, -0.05) is 24.3 Å². The van der Waals surface area contributed by atoms with Gasteiger partial charge in [-0.2, -0.15) is 0 Å². The Morgan fingerprint density at radius 1 is 0.947 bits per heavy atom. The van der Waals surface area contributed by atoms with Gasteiger partial charge in [-0.3, -0.25) is 0 Å². The Morgan fingerprint density at radius 2 is 1.63 bits per heavy atom. The maximum atomic E-state index is 12.5. The number of hydrogen-bond acceptors (Lipinski definition) is 3. The largest absolute Gasteiger partial charge is 0.384 e. The maximum absolute atomic E-state index is 12.5. The highest BCUT2D eigenvalue weighted by Gasteiger charge is 2.23. The van der Waals surface area contributed by atoms with E-state index in [1.165, 1.54) is 0 Å². The number of sulfone groups is 1. The Balaban J connectivity index is 2.28. The Bertz CT molecular complexity index is 836. The number of fused-ring (bicyclic) bond motifs is 1. The van der Waals surface area contributed by atoms with Gasteiger partial charge < -0.3 is 10.1 Å². The molecule has 0 aliphatic rings. The van der Waals surface area contributed by atoms with Crippen LogP contribution >= 0.6 is 0 Å². The highest BCUT2D eigenvalue weighted by molar-refractivity contribution is 7.91.